The second-order valence-corrected chi connectivity index (χ2v) is 6.84. The van der Waals surface area contributed by atoms with E-state index in [1.165, 1.54) is 11.6 Å². The summed E-state index contributed by atoms with van der Waals surface area (Å²) in [6.07, 6.45) is 0. The molecule has 0 saturated heterocycles. The summed E-state index contributed by atoms with van der Waals surface area (Å²) in [5.41, 5.74) is 5.49. The van der Waals surface area contributed by atoms with E-state index in [9.17, 15) is 9.59 Å². The van der Waals surface area contributed by atoms with Gasteiger partial charge < -0.3 is 9.30 Å². The number of rotatable bonds is 5. The van der Waals surface area contributed by atoms with Crippen LogP contribution in [0.2, 0.25) is 0 Å². The van der Waals surface area contributed by atoms with E-state index in [-0.39, 0.29) is 0 Å². The Bertz CT molecular complexity index is 1180. The molecular weight excluding hydrogens is 360 g/mol. The zero-order chi connectivity index (χ0) is 20.6. The molecule has 3 rings (SSSR count). The number of aromatic nitrogens is 4. The number of ether oxygens (including phenoxy) is 1. The van der Waals surface area contributed by atoms with E-state index in [1.54, 1.807) is 18.7 Å². The second kappa shape index (κ2) is 7.34. The van der Waals surface area contributed by atoms with Crippen molar-refractivity contribution in [2.75, 3.05) is 12.0 Å². The number of hydrogen-bond acceptors (Lipinski definition) is 6. The number of benzene rings is 1. The first-order valence-corrected chi connectivity index (χ1v) is 8.83. The van der Waals surface area contributed by atoms with Gasteiger partial charge in [0, 0.05) is 21.1 Å². The van der Waals surface area contributed by atoms with Crippen molar-refractivity contribution in [3.63, 3.8) is 0 Å². The highest BCUT2D eigenvalue weighted by molar-refractivity contribution is 5.84. The van der Waals surface area contributed by atoms with Gasteiger partial charge in [-0.05, 0) is 31.9 Å². The molecule has 3 aromatic rings. The SMILES string of the molecule is CC(COc1c(C)cccc1C)=NNc1nc2c(c(=O)n(C)c(=O)n2C)n1C. The smallest absolute Gasteiger partial charge is 0.332 e. The quantitative estimate of drug-likeness (QED) is 0.531. The van der Waals surface area contributed by atoms with Crippen LogP contribution in [-0.2, 0) is 21.1 Å². The Hall–Kier alpha value is -3.36. The van der Waals surface area contributed by atoms with E-state index in [2.05, 4.69) is 15.5 Å². The number of para-hydroxylation sites is 1. The molecule has 0 unspecified atom stereocenters. The monoisotopic (exact) mass is 384 g/mol. The van der Waals surface area contributed by atoms with E-state index >= 15 is 0 Å². The molecule has 1 N–H and O–H groups in total. The van der Waals surface area contributed by atoms with E-state index in [0.29, 0.717) is 29.4 Å². The first-order chi connectivity index (χ1) is 13.2. The van der Waals surface area contributed by atoms with Gasteiger partial charge in [-0.1, -0.05) is 18.2 Å². The molecule has 0 aliphatic carbocycles. The van der Waals surface area contributed by atoms with Gasteiger partial charge in [-0.15, -0.1) is 0 Å². The number of hydrazone groups is 1. The van der Waals surface area contributed by atoms with Crippen molar-refractivity contribution in [3.8, 4) is 5.75 Å². The van der Waals surface area contributed by atoms with Crippen LogP contribution in [0, 0.1) is 13.8 Å². The molecule has 1 aromatic carbocycles. The summed E-state index contributed by atoms with van der Waals surface area (Å²) in [7, 11) is 4.72. The maximum atomic E-state index is 12.4. The minimum absolute atomic E-state index is 0.303. The summed E-state index contributed by atoms with van der Waals surface area (Å²) in [5, 5.41) is 4.29. The molecule has 0 fully saturated rings. The normalized spacial score (nSPS) is 11.9. The number of nitrogens with zero attached hydrogens (tertiary/aromatic N) is 5. The molecule has 0 spiro atoms. The lowest BCUT2D eigenvalue weighted by atomic mass is 10.1. The van der Waals surface area contributed by atoms with Crippen LogP contribution in [0.15, 0.2) is 32.9 Å². The highest BCUT2D eigenvalue weighted by atomic mass is 16.5. The second-order valence-electron chi connectivity index (χ2n) is 6.84. The van der Waals surface area contributed by atoms with E-state index in [4.69, 9.17) is 4.74 Å². The van der Waals surface area contributed by atoms with Crippen molar-refractivity contribution in [1.29, 1.82) is 0 Å². The predicted molar refractivity (Wildman–Crippen MR) is 109 cm³/mol. The Kier molecular flexibility index (Phi) is 5.08. The van der Waals surface area contributed by atoms with Gasteiger partial charge in [0.1, 0.15) is 12.4 Å². The van der Waals surface area contributed by atoms with Gasteiger partial charge in [0.05, 0.1) is 5.71 Å². The Balaban J connectivity index is 1.84. The number of fused-ring (bicyclic) bond motifs is 1. The van der Waals surface area contributed by atoms with Crippen LogP contribution >= 0.6 is 0 Å². The molecule has 28 heavy (non-hydrogen) atoms. The minimum Gasteiger partial charge on any atom is -0.487 e. The first kappa shape index (κ1) is 19.4. The van der Waals surface area contributed by atoms with Crippen LogP contribution in [0.25, 0.3) is 11.2 Å². The number of anilines is 1. The molecule has 9 nitrogen and oxygen atoms in total. The topological polar surface area (TPSA) is 95.4 Å². The molecule has 0 aliphatic heterocycles. The van der Waals surface area contributed by atoms with Crippen molar-refractivity contribution in [2.45, 2.75) is 20.8 Å². The van der Waals surface area contributed by atoms with Gasteiger partial charge in [0.25, 0.3) is 5.56 Å². The zero-order valence-corrected chi connectivity index (χ0v) is 16.9. The molecule has 2 heterocycles. The zero-order valence-electron chi connectivity index (χ0n) is 16.9. The Morgan fingerprint density at radius 2 is 1.75 bits per heavy atom. The third-order valence-electron chi connectivity index (χ3n) is 4.66. The van der Waals surface area contributed by atoms with Crippen LogP contribution in [0.1, 0.15) is 18.1 Å². The van der Waals surface area contributed by atoms with Gasteiger partial charge in [-0.25, -0.2) is 10.2 Å². The average Bonchev–Trinajstić information content (AvgIpc) is 2.99. The fraction of sp³-hybridized carbons (Fsp3) is 0.368. The number of nitrogens with one attached hydrogen (secondary N) is 1. The van der Waals surface area contributed by atoms with Gasteiger partial charge in [0.2, 0.25) is 5.95 Å². The summed E-state index contributed by atoms with van der Waals surface area (Å²) in [5.74, 6) is 1.21. The summed E-state index contributed by atoms with van der Waals surface area (Å²) in [4.78, 5) is 28.8. The van der Waals surface area contributed by atoms with Crippen molar-refractivity contribution in [1.82, 2.24) is 18.7 Å². The molecule has 0 amide bonds. The van der Waals surface area contributed by atoms with Crippen LogP contribution in [0.5, 0.6) is 5.75 Å². The van der Waals surface area contributed by atoms with Gasteiger partial charge in [0.15, 0.2) is 11.2 Å². The van der Waals surface area contributed by atoms with Crippen molar-refractivity contribution >= 4 is 22.8 Å². The highest BCUT2D eigenvalue weighted by Crippen LogP contribution is 2.22. The van der Waals surface area contributed by atoms with Crippen molar-refractivity contribution < 1.29 is 4.74 Å². The molecule has 0 atom stereocenters. The van der Waals surface area contributed by atoms with Crippen molar-refractivity contribution in [2.24, 2.45) is 26.2 Å². The van der Waals surface area contributed by atoms with Crippen LogP contribution in [0.3, 0.4) is 0 Å². The van der Waals surface area contributed by atoms with E-state index < -0.39 is 11.2 Å². The molecule has 0 aliphatic rings. The third-order valence-corrected chi connectivity index (χ3v) is 4.66. The predicted octanol–water partition coefficient (Wildman–Crippen LogP) is 1.45. The maximum Gasteiger partial charge on any atom is 0.332 e. The van der Waals surface area contributed by atoms with Crippen LogP contribution in [0.4, 0.5) is 5.95 Å². The number of imidazole rings is 1. The summed E-state index contributed by atoms with van der Waals surface area (Å²) >= 11 is 0. The average molecular weight is 384 g/mol. The summed E-state index contributed by atoms with van der Waals surface area (Å²) in [6, 6.07) is 5.98. The highest BCUT2D eigenvalue weighted by Gasteiger charge is 2.16. The van der Waals surface area contributed by atoms with Crippen molar-refractivity contribution in [3.05, 3.63) is 50.2 Å². The molecule has 2 aromatic heterocycles. The third kappa shape index (κ3) is 3.30. The molecule has 0 bridgehead atoms. The Morgan fingerprint density at radius 1 is 1.11 bits per heavy atom. The van der Waals surface area contributed by atoms with Gasteiger partial charge in [-0.2, -0.15) is 10.1 Å². The van der Waals surface area contributed by atoms with Crippen LogP contribution in [-0.4, -0.2) is 31.0 Å². The van der Waals surface area contributed by atoms with E-state index in [0.717, 1.165) is 21.4 Å². The van der Waals surface area contributed by atoms with Crippen LogP contribution < -0.4 is 21.4 Å². The molecular formula is C19H24N6O3. The Morgan fingerprint density at radius 3 is 2.39 bits per heavy atom. The molecule has 0 saturated carbocycles. The van der Waals surface area contributed by atoms with Gasteiger partial charge in [-0.3, -0.25) is 13.9 Å². The minimum atomic E-state index is -0.427. The maximum absolute atomic E-state index is 12.4. The largest absolute Gasteiger partial charge is 0.487 e. The first-order valence-electron chi connectivity index (χ1n) is 8.83. The molecule has 148 valence electrons. The lowest BCUT2D eigenvalue weighted by Gasteiger charge is -2.11. The summed E-state index contributed by atoms with van der Waals surface area (Å²) in [6.45, 7) is 6.13. The van der Waals surface area contributed by atoms with Gasteiger partial charge >= 0.3 is 5.69 Å². The lowest BCUT2D eigenvalue weighted by Crippen LogP contribution is -2.37. The lowest BCUT2D eigenvalue weighted by molar-refractivity contribution is 0.370. The number of hydrogen-bond donors (Lipinski definition) is 1. The van der Waals surface area contributed by atoms with E-state index in [1.807, 2.05) is 39.0 Å². The summed E-state index contributed by atoms with van der Waals surface area (Å²) < 4.78 is 9.86. The molecule has 9 heteroatoms. The fourth-order valence-electron chi connectivity index (χ4n) is 3.00. The fourth-order valence-corrected chi connectivity index (χ4v) is 3.00. The molecule has 0 radical (unpaired) electrons. The number of aryl methyl sites for hydroxylation is 4. The standard InChI is InChI=1S/C19H24N6O3/c1-11-8-7-9-12(2)15(11)28-10-13(3)21-22-18-20-16-14(23(18)4)17(26)25(6)19(27)24(16)5/h7-9H,10H2,1-6H3,(H,20,22). The Labute approximate surface area is 161 Å².